The van der Waals surface area contributed by atoms with Crippen LogP contribution in [-0.2, 0) is 0 Å². The van der Waals surface area contributed by atoms with E-state index in [1.54, 1.807) is 0 Å². The van der Waals surface area contributed by atoms with Crippen molar-refractivity contribution in [2.45, 2.75) is 26.3 Å². The van der Waals surface area contributed by atoms with Crippen LogP contribution in [0.5, 0.6) is 5.75 Å². The summed E-state index contributed by atoms with van der Waals surface area (Å²) >= 11 is 0. The molecule has 0 unspecified atom stereocenters. The van der Waals surface area contributed by atoms with Gasteiger partial charge in [0.1, 0.15) is 12.4 Å². The van der Waals surface area contributed by atoms with Crippen LogP contribution < -0.4 is 10.1 Å². The maximum absolute atomic E-state index is 5.97. The van der Waals surface area contributed by atoms with Gasteiger partial charge in [-0.2, -0.15) is 0 Å². The fourth-order valence-corrected chi connectivity index (χ4v) is 2.77. The summed E-state index contributed by atoms with van der Waals surface area (Å²) in [7, 11) is 0. The molecule has 3 nitrogen and oxygen atoms in total. The summed E-state index contributed by atoms with van der Waals surface area (Å²) in [5, 5.41) is 4.67. The zero-order valence-electron chi connectivity index (χ0n) is 15.2. The molecule has 130 valence electrons. The summed E-state index contributed by atoms with van der Waals surface area (Å²) in [5.74, 6) is 0.913. The largest absolute Gasteiger partial charge is 0.492 e. The van der Waals surface area contributed by atoms with Gasteiger partial charge >= 0.3 is 0 Å². The average molecular weight is 334 g/mol. The predicted octanol–water partition coefficient (Wildman–Crippen LogP) is 5.11. The second-order valence-electron chi connectivity index (χ2n) is 7.18. The molecule has 25 heavy (non-hydrogen) atoms. The van der Waals surface area contributed by atoms with Crippen LogP contribution in [-0.4, -0.2) is 23.7 Å². The maximum Gasteiger partial charge on any atom is 0.126 e. The Labute approximate surface area is 149 Å². The molecule has 0 radical (unpaired) electrons. The van der Waals surface area contributed by atoms with Crippen LogP contribution in [0.4, 0.5) is 0 Å². The Balaban J connectivity index is 1.71. The van der Waals surface area contributed by atoms with Crippen LogP contribution in [0.1, 0.15) is 31.9 Å². The molecule has 0 aliphatic carbocycles. The van der Waals surface area contributed by atoms with E-state index in [0.29, 0.717) is 6.61 Å². The van der Waals surface area contributed by atoms with E-state index in [1.165, 1.54) is 10.9 Å². The Hall–Kier alpha value is -2.52. The van der Waals surface area contributed by atoms with Gasteiger partial charge in [-0.3, -0.25) is 0 Å². The maximum atomic E-state index is 5.97. The van der Waals surface area contributed by atoms with Gasteiger partial charge in [-0.05, 0) is 44.5 Å². The molecule has 0 saturated heterocycles. The van der Waals surface area contributed by atoms with E-state index in [-0.39, 0.29) is 5.54 Å². The van der Waals surface area contributed by atoms with E-state index >= 15 is 0 Å². The molecular formula is C22H26N2O. The van der Waals surface area contributed by atoms with Gasteiger partial charge in [-0.25, -0.2) is 0 Å². The minimum Gasteiger partial charge on any atom is -0.492 e. The van der Waals surface area contributed by atoms with Crippen molar-refractivity contribution < 1.29 is 4.74 Å². The summed E-state index contributed by atoms with van der Waals surface area (Å²) in [4.78, 5) is 3.25. The van der Waals surface area contributed by atoms with Crippen LogP contribution in [0.3, 0.4) is 0 Å². The molecule has 1 heterocycles. The number of rotatable bonds is 6. The van der Waals surface area contributed by atoms with Crippen molar-refractivity contribution in [1.29, 1.82) is 0 Å². The van der Waals surface area contributed by atoms with Gasteiger partial charge in [-0.1, -0.05) is 42.5 Å². The first-order valence-electron chi connectivity index (χ1n) is 8.74. The molecule has 2 aromatic carbocycles. The number of nitrogens with one attached hydrogen (secondary N) is 2. The molecule has 0 spiro atoms. The quantitative estimate of drug-likeness (QED) is 0.486. The fourth-order valence-electron chi connectivity index (χ4n) is 2.77. The van der Waals surface area contributed by atoms with Gasteiger partial charge < -0.3 is 15.0 Å². The highest BCUT2D eigenvalue weighted by atomic mass is 16.5. The van der Waals surface area contributed by atoms with Gasteiger partial charge in [0.2, 0.25) is 0 Å². The van der Waals surface area contributed by atoms with Crippen molar-refractivity contribution in [2.75, 3.05) is 13.2 Å². The van der Waals surface area contributed by atoms with Gasteiger partial charge in [-0.15, -0.1) is 0 Å². The highest BCUT2D eigenvalue weighted by Crippen LogP contribution is 2.23. The Morgan fingerprint density at radius 1 is 0.960 bits per heavy atom. The molecule has 0 amide bonds. The molecule has 3 aromatic rings. The molecule has 3 rings (SSSR count). The van der Waals surface area contributed by atoms with Crippen molar-refractivity contribution >= 4 is 23.1 Å². The molecule has 1 aromatic heterocycles. The summed E-state index contributed by atoms with van der Waals surface area (Å²) in [6.45, 7) is 7.95. The predicted molar refractivity (Wildman–Crippen MR) is 107 cm³/mol. The van der Waals surface area contributed by atoms with Crippen LogP contribution >= 0.6 is 0 Å². The Bertz CT molecular complexity index is 856. The van der Waals surface area contributed by atoms with E-state index in [0.717, 1.165) is 23.4 Å². The molecule has 0 fully saturated rings. The normalized spacial score (nSPS) is 12.1. The second kappa shape index (κ2) is 7.58. The highest BCUT2D eigenvalue weighted by Gasteiger charge is 2.08. The van der Waals surface area contributed by atoms with Crippen molar-refractivity contribution in [3.05, 3.63) is 65.9 Å². The molecule has 3 heteroatoms. The molecule has 2 N–H and O–H groups in total. The molecule has 0 saturated carbocycles. The minimum atomic E-state index is 0.109. The number of benzene rings is 2. The second-order valence-corrected chi connectivity index (χ2v) is 7.18. The lowest BCUT2D eigenvalue weighted by molar-refractivity contribution is 0.290. The topological polar surface area (TPSA) is 37.0 Å². The fraction of sp³-hybridized carbons (Fsp3) is 0.273. The van der Waals surface area contributed by atoms with Crippen molar-refractivity contribution in [3.8, 4) is 5.75 Å². The summed E-state index contributed by atoms with van der Waals surface area (Å²) in [6.07, 6.45) is 6.24. The van der Waals surface area contributed by atoms with Crippen LogP contribution in [0.2, 0.25) is 0 Å². The monoisotopic (exact) mass is 334 g/mol. The number of para-hydroxylation sites is 1. The smallest absolute Gasteiger partial charge is 0.126 e. The lowest BCUT2D eigenvalue weighted by Gasteiger charge is -2.20. The zero-order valence-corrected chi connectivity index (χ0v) is 15.2. The lowest BCUT2D eigenvalue weighted by atomic mass is 10.1. The number of aromatic nitrogens is 1. The third kappa shape index (κ3) is 4.74. The molecule has 0 bridgehead atoms. The molecule has 0 aliphatic heterocycles. The van der Waals surface area contributed by atoms with E-state index in [2.05, 4.69) is 73.6 Å². The van der Waals surface area contributed by atoms with Gasteiger partial charge in [0.05, 0.1) is 0 Å². The Kier molecular flexibility index (Phi) is 5.25. The van der Waals surface area contributed by atoms with E-state index < -0.39 is 0 Å². The first-order valence-corrected chi connectivity index (χ1v) is 8.74. The number of ether oxygens (including phenoxy) is 1. The number of H-pyrrole nitrogens is 1. The number of hydrogen-bond acceptors (Lipinski definition) is 2. The number of hydrogen-bond donors (Lipinski definition) is 2. The zero-order chi connectivity index (χ0) is 17.7. The van der Waals surface area contributed by atoms with Crippen molar-refractivity contribution in [2.24, 2.45) is 0 Å². The Morgan fingerprint density at radius 3 is 2.56 bits per heavy atom. The van der Waals surface area contributed by atoms with Gasteiger partial charge in [0.15, 0.2) is 0 Å². The van der Waals surface area contributed by atoms with E-state index in [9.17, 15) is 0 Å². The van der Waals surface area contributed by atoms with E-state index in [1.807, 2.05) is 24.4 Å². The average Bonchev–Trinajstić information content (AvgIpc) is 3.06. The number of fused-ring (bicyclic) bond motifs is 1. The third-order valence-corrected chi connectivity index (χ3v) is 4.01. The van der Waals surface area contributed by atoms with Gasteiger partial charge in [0, 0.05) is 34.7 Å². The standard InChI is InChI=1S/C22H26N2O/c1-22(2,3)24-15-16-25-21-10-5-4-7-18(21)12-11-17-8-6-9-20-19(17)13-14-23-20/h4-14,23-24H,15-16H2,1-3H3/b12-11+. The molecule has 0 aliphatic rings. The minimum absolute atomic E-state index is 0.109. The third-order valence-electron chi connectivity index (χ3n) is 4.01. The van der Waals surface area contributed by atoms with Gasteiger partial charge in [0.25, 0.3) is 0 Å². The summed E-state index contributed by atoms with van der Waals surface area (Å²) in [5.41, 5.74) is 3.55. The lowest BCUT2D eigenvalue weighted by Crippen LogP contribution is -2.38. The molecular weight excluding hydrogens is 308 g/mol. The van der Waals surface area contributed by atoms with Crippen LogP contribution in [0.15, 0.2) is 54.7 Å². The summed E-state index contributed by atoms with van der Waals surface area (Å²) in [6, 6.07) is 16.5. The highest BCUT2D eigenvalue weighted by molar-refractivity contribution is 5.91. The van der Waals surface area contributed by atoms with Crippen molar-refractivity contribution in [3.63, 3.8) is 0 Å². The first-order chi connectivity index (χ1) is 12.0. The molecule has 0 atom stereocenters. The van der Waals surface area contributed by atoms with Crippen LogP contribution in [0.25, 0.3) is 23.1 Å². The van der Waals surface area contributed by atoms with E-state index in [4.69, 9.17) is 4.74 Å². The van der Waals surface area contributed by atoms with Crippen LogP contribution in [0, 0.1) is 0 Å². The Morgan fingerprint density at radius 2 is 1.72 bits per heavy atom. The SMILES string of the molecule is CC(C)(C)NCCOc1ccccc1/C=C/c1cccc2[nH]ccc12. The summed E-state index contributed by atoms with van der Waals surface area (Å²) < 4.78 is 5.97. The first kappa shape index (κ1) is 17.3. The van der Waals surface area contributed by atoms with Crippen molar-refractivity contribution in [1.82, 2.24) is 10.3 Å². The number of aromatic amines is 1.